The molecule has 108 valence electrons. The van der Waals surface area contributed by atoms with Gasteiger partial charge in [-0.2, -0.15) is 0 Å². The van der Waals surface area contributed by atoms with Crippen molar-refractivity contribution in [3.05, 3.63) is 29.6 Å². The molecule has 20 heavy (non-hydrogen) atoms. The van der Waals surface area contributed by atoms with Gasteiger partial charge in [-0.25, -0.2) is 4.39 Å². The Kier molecular flexibility index (Phi) is 3.79. The number of hydrogen-bond donors (Lipinski definition) is 1. The van der Waals surface area contributed by atoms with Gasteiger partial charge in [0.25, 0.3) is 5.91 Å². The molecule has 1 heterocycles. The minimum atomic E-state index is -0.641. The van der Waals surface area contributed by atoms with Gasteiger partial charge in [0.2, 0.25) is 5.91 Å². The third-order valence-corrected chi connectivity index (χ3v) is 3.73. The van der Waals surface area contributed by atoms with Crippen LogP contribution in [0.15, 0.2) is 18.2 Å². The molecule has 1 fully saturated rings. The maximum Gasteiger partial charge on any atom is 0.250 e. The van der Waals surface area contributed by atoms with Gasteiger partial charge in [-0.15, -0.1) is 0 Å². The molecule has 2 unspecified atom stereocenters. The van der Waals surface area contributed by atoms with Crippen LogP contribution in [0.5, 0.6) is 0 Å². The van der Waals surface area contributed by atoms with Crippen molar-refractivity contribution in [1.82, 2.24) is 5.32 Å². The van der Waals surface area contributed by atoms with Gasteiger partial charge in [0.1, 0.15) is 17.9 Å². The van der Waals surface area contributed by atoms with Crippen LogP contribution in [0.1, 0.15) is 26.3 Å². The van der Waals surface area contributed by atoms with Crippen LogP contribution in [-0.4, -0.2) is 23.9 Å². The van der Waals surface area contributed by atoms with Gasteiger partial charge in [0.05, 0.1) is 5.69 Å². The molecule has 0 aliphatic carbocycles. The first kappa shape index (κ1) is 14.5. The summed E-state index contributed by atoms with van der Waals surface area (Å²) >= 11 is 0. The number of carbonyl (C=O) groups excluding carboxylic acids is 2. The van der Waals surface area contributed by atoms with E-state index in [2.05, 4.69) is 5.32 Å². The fraction of sp³-hybridized carbons (Fsp3) is 0.467. The summed E-state index contributed by atoms with van der Waals surface area (Å²) in [6.45, 7) is 7.00. The van der Waals surface area contributed by atoms with Crippen LogP contribution < -0.4 is 10.2 Å². The monoisotopic (exact) mass is 278 g/mol. The van der Waals surface area contributed by atoms with Gasteiger partial charge >= 0.3 is 0 Å². The van der Waals surface area contributed by atoms with Gasteiger partial charge in [0, 0.05) is 5.56 Å². The summed E-state index contributed by atoms with van der Waals surface area (Å²) < 4.78 is 13.7. The van der Waals surface area contributed by atoms with Crippen molar-refractivity contribution in [1.29, 1.82) is 0 Å². The third kappa shape index (κ3) is 2.28. The first-order valence-electron chi connectivity index (χ1n) is 6.73. The summed E-state index contributed by atoms with van der Waals surface area (Å²) in [6.07, 6.45) is 0. The highest BCUT2D eigenvalue weighted by molar-refractivity contribution is 6.08. The number of nitrogens with one attached hydrogen (secondary N) is 1. The van der Waals surface area contributed by atoms with Crippen LogP contribution in [0.4, 0.5) is 10.1 Å². The van der Waals surface area contributed by atoms with Gasteiger partial charge in [-0.05, 0) is 31.9 Å². The molecule has 1 aliphatic rings. The average Bonchev–Trinajstić information content (AvgIpc) is 2.38. The van der Waals surface area contributed by atoms with E-state index in [1.807, 2.05) is 13.8 Å². The van der Waals surface area contributed by atoms with E-state index in [0.717, 1.165) is 0 Å². The van der Waals surface area contributed by atoms with Crippen LogP contribution >= 0.6 is 0 Å². The second kappa shape index (κ2) is 5.23. The Bertz CT molecular complexity index is 557. The van der Waals surface area contributed by atoms with Crippen molar-refractivity contribution in [3.63, 3.8) is 0 Å². The minimum absolute atomic E-state index is 0.0182. The Balaban J connectivity index is 2.49. The molecule has 2 atom stereocenters. The van der Waals surface area contributed by atoms with Crippen LogP contribution in [0.3, 0.4) is 0 Å². The van der Waals surface area contributed by atoms with Gasteiger partial charge < -0.3 is 5.32 Å². The fourth-order valence-corrected chi connectivity index (χ4v) is 2.43. The highest BCUT2D eigenvalue weighted by atomic mass is 19.1. The molecule has 0 saturated carbocycles. The molecule has 5 heteroatoms. The van der Waals surface area contributed by atoms with E-state index in [-0.39, 0.29) is 23.5 Å². The first-order valence-corrected chi connectivity index (χ1v) is 6.73. The number of halogens is 1. The van der Waals surface area contributed by atoms with Crippen LogP contribution in [-0.2, 0) is 9.59 Å². The van der Waals surface area contributed by atoms with E-state index in [0.29, 0.717) is 11.3 Å². The lowest BCUT2D eigenvalue weighted by Gasteiger charge is -2.39. The summed E-state index contributed by atoms with van der Waals surface area (Å²) in [6, 6.07) is 3.36. The van der Waals surface area contributed by atoms with E-state index in [9.17, 15) is 14.0 Å². The molecule has 1 aromatic carbocycles. The molecule has 1 saturated heterocycles. The number of anilines is 1. The van der Waals surface area contributed by atoms with Crippen molar-refractivity contribution in [2.75, 3.05) is 4.90 Å². The smallest absolute Gasteiger partial charge is 0.250 e. The summed E-state index contributed by atoms with van der Waals surface area (Å²) in [5.74, 6) is -0.808. The number of piperazine rings is 1. The Hall–Kier alpha value is -1.91. The largest absolute Gasteiger partial charge is 0.342 e. The predicted octanol–water partition coefficient (Wildman–Crippen LogP) is 2.01. The normalized spacial score (nSPS) is 23.2. The second-order valence-corrected chi connectivity index (χ2v) is 5.50. The number of hydrogen-bond acceptors (Lipinski definition) is 2. The van der Waals surface area contributed by atoms with Gasteiger partial charge in [-0.1, -0.05) is 19.9 Å². The standard InChI is InChI=1S/C15H19FN2O2/c1-8(2)13-15(20)18(10(4)14(19)17-13)12-7-5-6-11(16)9(12)3/h5-8,10,13H,1-4H3,(H,17,19). The van der Waals surface area contributed by atoms with Crippen molar-refractivity contribution in [2.45, 2.75) is 39.8 Å². The quantitative estimate of drug-likeness (QED) is 0.899. The van der Waals surface area contributed by atoms with E-state index in [1.165, 1.54) is 11.0 Å². The number of carbonyl (C=O) groups is 2. The van der Waals surface area contributed by atoms with Gasteiger partial charge in [-0.3, -0.25) is 14.5 Å². The SMILES string of the molecule is Cc1c(F)cccc1N1C(=O)C(C(C)C)NC(=O)C1C. The lowest BCUT2D eigenvalue weighted by Crippen LogP contribution is -2.64. The predicted molar refractivity (Wildman–Crippen MR) is 74.9 cm³/mol. The Morgan fingerprint density at radius 1 is 1.30 bits per heavy atom. The van der Waals surface area contributed by atoms with E-state index in [4.69, 9.17) is 0 Å². The number of benzene rings is 1. The fourth-order valence-electron chi connectivity index (χ4n) is 2.43. The Labute approximate surface area is 118 Å². The lowest BCUT2D eigenvalue weighted by atomic mass is 9.97. The maximum atomic E-state index is 13.7. The zero-order chi connectivity index (χ0) is 15.0. The maximum absolute atomic E-state index is 13.7. The molecule has 2 amide bonds. The Morgan fingerprint density at radius 2 is 1.95 bits per heavy atom. The summed E-state index contributed by atoms with van der Waals surface area (Å²) in [4.78, 5) is 26.0. The van der Waals surface area contributed by atoms with Gasteiger partial charge in [0.15, 0.2) is 0 Å². The molecule has 1 aromatic rings. The lowest BCUT2D eigenvalue weighted by molar-refractivity contribution is -0.134. The topological polar surface area (TPSA) is 49.4 Å². The molecule has 1 N–H and O–H groups in total. The molecule has 0 bridgehead atoms. The van der Waals surface area contributed by atoms with Crippen LogP contribution in [0.2, 0.25) is 0 Å². The van der Waals surface area contributed by atoms with Crippen LogP contribution in [0.25, 0.3) is 0 Å². The summed E-state index contributed by atoms with van der Waals surface area (Å²) in [5, 5.41) is 2.73. The minimum Gasteiger partial charge on any atom is -0.342 e. The zero-order valence-electron chi connectivity index (χ0n) is 12.1. The second-order valence-electron chi connectivity index (χ2n) is 5.50. The zero-order valence-corrected chi connectivity index (χ0v) is 12.1. The van der Waals surface area contributed by atoms with Crippen molar-refractivity contribution in [3.8, 4) is 0 Å². The molecule has 0 spiro atoms. The third-order valence-electron chi connectivity index (χ3n) is 3.73. The summed E-state index contributed by atoms with van der Waals surface area (Å²) in [5.41, 5.74) is 0.841. The van der Waals surface area contributed by atoms with Crippen molar-refractivity contribution >= 4 is 17.5 Å². The number of nitrogens with zero attached hydrogens (tertiary/aromatic N) is 1. The highest BCUT2D eigenvalue weighted by Crippen LogP contribution is 2.28. The molecule has 2 rings (SSSR count). The number of amides is 2. The van der Waals surface area contributed by atoms with Crippen LogP contribution in [0, 0.1) is 18.7 Å². The molecule has 4 nitrogen and oxygen atoms in total. The number of rotatable bonds is 2. The molecule has 0 aromatic heterocycles. The highest BCUT2D eigenvalue weighted by Gasteiger charge is 2.40. The Morgan fingerprint density at radius 3 is 2.55 bits per heavy atom. The van der Waals surface area contributed by atoms with Crippen molar-refractivity contribution in [2.24, 2.45) is 5.92 Å². The molecular formula is C15H19FN2O2. The van der Waals surface area contributed by atoms with Crippen molar-refractivity contribution < 1.29 is 14.0 Å². The van der Waals surface area contributed by atoms with E-state index >= 15 is 0 Å². The van der Waals surface area contributed by atoms with E-state index < -0.39 is 12.1 Å². The molecule has 1 aliphatic heterocycles. The van der Waals surface area contributed by atoms with E-state index in [1.54, 1.807) is 26.0 Å². The summed E-state index contributed by atoms with van der Waals surface area (Å²) in [7, 11) is 0. The first-order chi connectivity index (χ1) is 9.34. The molecular weight excluding hydrogens is 259 g/mol. The average molecular weight is 278 g/mol. The molecule has 0 radical (unpaired) electrons.